The van der Waals surface area contributed by atoms with Gasteiger partial charge in [0.2, 0.25) is 5.88 Å². The lowest BCUT2D eigenvalue weighted by Crippen LogP contribution is -2.55. The van der Waals surface area contributed by atoms with E-state index in [4.69, 9.17) is 9.47 Å². The van der Waals surface area contributed by atoms with Gasteiger partial charge in [0.25, 0.3) is 0 Å². The largest absolute Gasteiger partial charge is 0.507 e. The summed E-state index contributed by atoms with van der Waals surface area (Å²) in [5, 5.41) is 31.9. The highest BCUT2D eigenvalue weighted by Gasteiger charge is 2.67. The lowest BCUT2D eigenvalue weighted by atomic mass is 9.63. The molecular weight excluding hydrogens is 534 g/mol. The highest BCUT2D eigenvalue weighted by molar-refractivity contribution is 6.19. The van der Waals surface area contributed by atoms with Gasteiger partial charge < -0.3 is 29.4 Å². The second-order valence-electron chi connectivity index (χ2n) is 11.0. The number of fused-ring (bicyclic) bond motifs is 4. The van der Waals surface area contributed by atoms with E-state index in [0.717, 1.165) is 0 Å². The predicted molar refractivity (Wildman–Crippen MR) is 143 cm³/mol. The van der Waals surface area contributed by atoms with Crippen molar-refractivity contribution in [3.63, 3.8) is 0 Å². The molecule has 1 aliphatic heterocycles. The fourth-order valence-electron chi connectivity index (χ4n) is 7.50. The zero-order chi connectivity index (χ0) is 29.3. The van der Waals surface area contributed by atoms with E-state index in [1.807, 2.05) is 0 Å². The quantitative estimate of drug-likeness (QED) is 0.315. The molecule has 11 heteroatoms. The summed E-state index contributed by atoms with van der Waals surface area (Å²) in [6, 6.07) is 2.59. The van der Waals surface area contributed by atoms with E-state index in [2.05, 4.69) is 0 Å². The number of hydrogen-bond donors (Lipinski definition) is 3. The Morgan fingerprint density at radius 3 is 2.46 bits per heavy atom. The molecule has 0 saturated heterocycles. The van der Waals surface area contributed by atoms with Crippen LogP contribution in [0.4, 0.5) is 0 Å². The molecule has 0 unspecified atom stereocenters. The molecular formula is C30H23NO10. The maximum Gasteiger partial charge on any atom is 0.342 e. The lowest BCUT2D eigenvalue weighted by molar-refractivity contribution is -0.150. The van der Waals surface area contributed by atoms with E-state index in [1.165, 1.54) is 29.8 Å². The third-order valence-electron chi connectivity index (χ3n) is 8.84. The fraction of sp³-hybridized carbons (Fsp3) is 0.300. The van der Waals surface area contributed by atoms with Crippen LogP contribution < -0.4 is 10.9 Å². The number of rotatable bonds is 3. The number of cyclic esters (lactones) is 1. The molecule has 2 bridgehead atoms. The van der Waals surface area contributed by atoms with Gasteiger partial charge in [0.15, 0.2) is 16.6 Å². The molecule has 3 N–H and O–H groups in total. The zero-order valence-electron chi connectivity index (χ0n) is 22.2. The molecule has 0 fully saturated rings. The number of ether oxygens (including phenoxy) is 2. The van der Waals surface area contributed by atoms with Crippen LogP contribution in [0.2, 0.25) is 0 Å². The first-order valence-electron chi connectivity index (χ1n) is 13.0. The molecule has 1 spiro atoms. The number of carbonyl (C=O) groups excluding carboxylic acids is 3. The number of aromatic hydroxyl groups is 2. The number of Topliss-reactive ketones (excluding diaryl/α,β-unsaturated/α-hetero) is 1. The summed E-state index contributed by atoms with van der Waals surface area (Å²) in [4.78, 5) is 67.7. The predicted octanol–water partition coefficient (Wildman–Crippen LogP) is 1.65. The van der Waals surface area contributed by atoms with Crippen LogP contribution in [0, 0.1) is 13.8 Å². The van der Waals surface area contributed by atoms with Gasteiger partial charge in [-0.3, -0.25) is 19.2 Å². The number of aryl methyl sites for hydroxylation is 2. The minimum atomic E-state index is -1.63. The standard InChI is InChI=1S/C30H23NO10/c1-10-6-14(34)19-18-13(8-31(4-5-32)28(19)38)25(36)24-21(16(10)18)22-26(37)17-11(2)7-15(35)20-23(17)30(24,9-40-29(20)39)27(22)41-12(3)33/h6-8,22,27,32,35,38H,4-5,9H2,1-3H3/t22-,27-,30-/m0/s1. The Morgan fingerprint density at radius 1 is 1.05 bits per heavy atom. The van der Waals surface area contributed by atoms with E-state index in [0.29, 0.717) is 16.5 Å². The number of phenolic OH excluding ortho intramolecular Hbond substituents is 1. The Bertz CT molecular complexity index is 2060. The minimum absolute atomic E-state index is 0.0358. The van der Waals surface area contributed by atoms with Gasteiger partial charge in [-0.15, -0.1) is 0 Å². The number of benzene rings is 3. The summed E-state index contributed by atoms with van der Waals surface area (Å²) < 4.78 is 12.6. The smallest absolute Gasteiger partial charge is 0.342 e. The van der Waals surface area contributed by atoms with Gasteiger partial charge in [0, 0.05) is 41.6 Å². The number of aliphatic hydroxyl groups excluding tert-OH is 1. The van der Waals surface area contributed by atoms with Gasteiger partial charge in [0.1, 0.15) is 24.0 Å². The lowest BCUT2D eigenvalue weighted by Gasteiger charge is -2.44. The summed E-state index contributed by atoms with van der Waals surface area (Å²) >= 11 is 0. The Kier molecular flexibility index (Phi) is 4.87. The topological polar surface area (TPSA) is 169 Å². The number of ketones is 1. The number of aromatic nitrogens is 1. The monoisotopic (exact) mass is 557 g/mol. The second-order valence-corrected chi connectivity index (χ2v) is 11.0. The van der Waals surface area contributed by atoms with Crippen LogP contribution in [-0.2, 0) is 26.2 Å². The normalized spacial score (nSPS) is 22.1. The molecule has 0 saturated carbocycles. The number of esters is 2. The van der Waals surface area contributed by atoms with E-state index in [1.54, 1.807) is 13.8 Å². The number of hydrogen-bond acceptors (Lipinski definition) is 10. The molecule has 3 aliphatic rings. The van der Waals surface area contributed by atoms with Crippen LogP contribution in [-0.4, -0.2) is 56.9 Å². The third-order valence-corrected chi connectivity index (χ3v) is 8.84. The molecule has 3 atom stereocenters. The maximum absolute atomic E-state index is 14.6. The van der Waals surface area contributed by atoms with Gasteiger partial charge >= 0.3 is 11.9 Å². The molecule has 0 radical (unpaired) electrons. The summed E-state index contributed by atoms with van der Waals surface area (Å²) in [6.07, 6.45) is 0.0461. The Balaban J connectivity index is 1.78. The minimum Gasteiger partial charge on any atom is -0.507 e. The molecule has 2 aliphatic carbocycles. The van der Waals surface area contributed by atoms with Crippen molar-refractivity contribution in [1.82, 2.24) is 4.57 Å². The van der Waals surface area contributed by atoms with Gasteiger partial charge in [-0.05, 0) is 53.6 Å². The number of aliphatic hydroxyl groups is 1. The summed E-state index contributed by atoms with van der Waals surface area (Å²) in [6.45, 7) is 3.48. The first kappa shape index (κ1) is 25.2. The van der Waals surface area contributed by atoms with E-state index >= 15 is 0 Å². The Morgan fingerprint density at radius 2 is 1.78 bits per heavy atom. The summed E-state index contributed by atoms with van der Waals surface area (Å²) in [7, 11) is 0. The molecule has 7 rings (SSSR count). The van der Waals surface area contributed by atoms with Crippen LogP contribution in [0.5, 0.6) is 11.6 Å². The molecule has 41 heavy (non-hydrogen) atoms. The third kappa shape index (κ3) is 2.78. The molecule has 1 aromatic heterocycles. The zero-order valence-corrected chi connectivity index (χ0v) is 22.2. The van der Waals surface area contributed by atoms with E-state index < -0.39 is 70.9 Å². The molecule has 3 aromatic carbocycles. The van der Waals surface area contributed by atoms with Crippen LogP contribution in [0.1, 0.15) is 61.4 Å². The van der Waals surface area contributed by atoms with Gasteiger partial charge in [-0.25, -0.2) is 4.79 Å². The first-order chi connectivity index (χ1) is 19.4. The van der Waals surface area contributed by atoms with Crippen molar-refractivity contribution < 1.29 is 39.2 Å². The van der Waals surface area contributed by atoms with Crippen LogP contribution in [0.3, 0.4) is 0 Å². The van der Waals surface area contributed by atoms with Crippen LogP contribution in [0.15, 0.2) is 27.9 Å². The van der Waals surface area contributed by atoms with Crippen molar-refractivity contribution in [3.05, 3.63) is 77.7 Å². The highest BCUT2D eigenvalue weighted by Crippen LogP contribution is 2.61. The number of pyridine rings is 1. The molecule has 11 nitrogen and oxygen atoms in total. The molecule has 4 aromatic rings. The van der Waals surface area contributed by atoms with Crippen molar-refractivity contribution in [3.8, 4) is 11.6 Å². The van der Waals surface area contributed by atoms with E-state index in [9.17, 15) is 39.3 Å². The molecule has 208 valence electrons. The maximum atomic E-state index is 14.6. The van der Waals surface area contributed by atoms with Crippen molar-refractivity contribution >= 4 is 39.3 Å². The van der Waals surface area contributed by atoms with Gasteiger partial charge in [-0.1, -0.05) is 0 Å². The van der Waals surface area contributed by atoms with Crippen LogP contribution >= 0.6 is 0 Å². The SMILES string of the molecule is CC(=O)O[C@H]1[C@@H]2C(=O)c3c(C)cc(O)c4c3[C@@]1(COC4=O)c1c2c2c(C)cc(=O)c3c(O)n(CCO)cc(c1=O)c23. The average Bonchev–Trinajstić information content (AvgIpc) is 3.10. The number of phenols is 1. The second kappa shape index (κ2) is 7.91. The summed E-state index contributed by atoms with van der Waals surface area (Å²) in [5.41, 5.74) is -1.75. The van der Waals surface area contributed by atoms with Gasteiger partial charge in [0.05, 0.1) is 23.3 Å². The van der Waals surface area contributed by atoms with Crippen LogP contribution in [0.25, 0.3) is 21.5 Å². The number of nitrogens with zero attached hydrogens (tertiary/aromatic N) is 1. The Labute approximate surface area is 230 Å². The van der Waals surface area contributed by atoms with Crippen molar-refractivity contribution in [2.75, 3.05) is 13.2 Å². The first-order valence-corrected chi connectivity index (χ1v) is 13.0. The van der Waals surface area contributed by atoms with Crippen molar-refractivity contribution in [2.45, 2.75) is 44.8 Å². The Hall–Kier alpha value is -4.77. The average molecular weight is 558 g/mol. The van der Waals surface area contributed by atoms with Gasteiger partial charge in [-0.2, -0.15) is 0 Å². The highest BCUT2D eigenvalue weighted by atomic mass is 16.6. The van der Waals surface area contributed by atoms with Crippen molar-refractivity contribution in [1.29, 1.82) is 0 Å². The summed E-state index contributed by atoms with van der Waals surface area (Å²) in [5.74, 6) is -4.19. The molecule has 2 heterocycles. The van der Waals surface area contributed by atoms with Crippen molar-refractivity contribution in [2.24, 2.45) is 0 Å². The molecule has 0 amide bonds. The van der Waals surface area contributed by atoms with E-state index in [-0.39, 0.29) is 50.5 Å². The fourth-order valence-corrected chi connectivity index (χ4v) is 7.50. The number of carbonyl (C=O) groups is 3.